The predicted octanol–water partition coefficient (Wildman–Crippen LogP) is 3.09. The minimum atomic E-state index is -0.272. The van der Waals surface area contributed by atoms with E-state index in [1.807, 2.05) is 38.1 Å². The average Bonchev–Trinajstić information content (AvgIpc) is 2.46. The van der Waals surface area contributed by atoms with E-state index in [-0.39, 0.29) is 11.6 Å². The quantitative estimate of drug-likeness (QED) is 0.858. The molecule has 4 nitrogen and oxygen atoms in total. The van der Waals surface area contributed by atoms with Crippen molar-refractivity contribution in [2.75, 3.05) is 13.1 Å². The summed E-state index contributed by atoms with van der Waals surface area (Å²) in [6.45, 7) is 5.40. The van der Waals surface area contributed by atoms with Crippen LogP contribution in [-0.4, -0.2) is 28.6 Å². The fraction of sp³-hybridized carbons (Fsp3) is 0.375. The normalized spacial score (nSPS) is 10.7. The minimum absolute atomic E-state index is 0.226. The molecule has 0 aliphatic heterocycles. The van der Waals surface area contributed by atoms with Gasteiger partial charge in [0.1, 0.15) is 0 Å². The van der Waals surface area contributed by atoms with Gasteiger partial charge in [0.2, 0.25) is 0 Å². The van der Waals surface area contributed by atoms with Gasteiger partial charge in [0.25, 0.3) is 5.56 Å². The van der Waals surface area contributed by atoms with Crippen LogP contribution in [0, 0.1) is 0 Å². The number of pyridine rings is 1. The Balaban J connectivity index is 2.53. The summed E-state index contributed by atoms with van der Waals surface area (Å²) in [4.78, 5) is 26.5. The second-order valence-electron chi connectivity index (χ2n) is 4.84. The van der Waals surface area contributed by atoms with Crippen molar-refractivity contribution in [3.8, 4) is 0 Å². The van der Waals surface area contributed by atoms with Gasteiger partial charge in [-0.3, -0.25) is 4.79 Å². The largest absolute Gasteiger partial charge is 0.331 e. The molecule has 0 aliphatic carbocycles. The molecule has 0 N–H and O–H groups in total. The third-order valence-corrected chi connectivity index (χ3v) is 3.25. The molecule has 20 heavy (non-hydrogen) atoms. The van der Waals surface area contributed by atoms with Crippen molar-refractivity contribution >= 4 is 16.9 Å². The molecule has 2 aromatic rings. The average molecular weight is 272 g/mol. The van der Waals surface area contributed by atoms with Crippen LogP contribution >= 0.6 is 0 Å². The highest BCUT2D eigenvalue weighted by atomic mass is 16.2. The molecule has 1 amide bonds. The number of rotatable bonds is 4. The number of hydrogen-bond acceptors (Lipinski definition) is 2. The van der Waals surface area contributed by atoms with Gasteiger partial charge in [-0.2, -0.15) is 0 Å². The van der Waals surface area contributed by atoms with Crippen molar-refractivity contribution in [3.63, 3.8) is 0 Å². The lowest BCUT2D eigenvalue weighted by atomic mass is 10.2. The summed E-state index contributed by atoms with van der Waals surface area (Å²) in [7, 11) is 0. The molecule has 0 fully saturated rings. The first-order chi connectivity index (χ1) is 9.69. The molecule has 106 valence electrons. The molecular weight excluding hydrogens is 252 g/mol. The van der Waals surface area contributed by atoms with E-state index >= 15 is 0 Å². The molecule has 0 unspecified atom stereocenters. The zero-order valence-electron chi connectivity index (χ0n) is 12.0. The number of carbonyl (C=O) groups is 1. The van der Waals surface area contributed by atoms with E-state index in [9.17, 15) is 9.59 Å². The first kappa shape index (κ1) is 14.3. The second kappa shape index (κ2) is 6.37. The Hall–Kier alpha value is -2.10. The van der Waals surface area contributed by atoms with Crippen LogP contribution in [-0.2, 0) is 0 Å². The van der Waals surface area contributed by atoms with E-state index in [1.165, 1.54) is 10.6 Å². The molecule has 0 radical (unpaired) electrons. The molecule has 2 rings (SSSR count). The number of aromatic nitrogens is 1. The SMILES string of the molecule is CCCN(CCC)C(=O)n1c(=O)ccc2ccccc21. The molecule has 0 saturated heterocycles. The zero-order chi connectivity index (χ0) is 14.5. The Morgan fingerprint density at radius 1 is 1.05 bits per heavy atom. The summed E-state index contributed by atoms with van der Waals surface area (Å²) < 4.78 is 1.28. The molecule has 1 aromatic heterocycles. The molecule has 1 heterocycles. The van der Waals surface area contributed by atoms with Gasteiger partial charge in [0, 0.05) is 19.2 Å². The highest BCUT2D eigenvalue weighted by Crippen LogP contribution is 2.12. The second-order valence-corrected chi connectivity index (χ2v) is 4.84. The number of amides is 1. The lowest BCUT2D eigenvalue weighted by Crippen LogP contribution is -2.40. The Labute approximate surface area is 118 Å². The molecule has 0 bridgehead atoms. The van der Waals surface area contributed by atoms with Gasteiger partial charge in [-0.15, -0.1) is 0 Å². The standard InChI is InChI=1S/C16H20N2O2/c1-3-11-17(12-4-2)16(20)18-14-8-6-5-7-13(14)9-10-15(18)19/h5-10H,3-4,11-12H2,1-2H3. The number of hydrogen-bond donors (Lipinski definition) is 0. The Morgan fingerprint density at radius 2 is 1.70 bits per heavy atom. The smallest absolute Gasteiger partial charge is 0.324 e. The predicted molar refractivity (Wildman–Crippen MR) is 81.2 cm³/mol. The van der Waals surface area contributed by atoms with Crippen molar-refractivity contribution in [1.82, 2.24) is 9.47 Å². The van der Waals surface area contributed by atoms with Gasteiger partial charge in [-0.05, 0) is 30.4 Å². The maximum atomic E-state index is 12.6. The third kappa shape index (κ3) is 2.74. The third-order valence-electron chi connectivity index (χ3n) is 3.25. The summed E-state index contributed by atoms with van der Waals surface area (Å²) in [5.41, 5.74) is 0.396. The van der Waals surface area contributed by atoms with Gasteiger partial charge >= 0.3 is 6.03 Å². The van der Waals surface area contributed by atoms with Crippen LogP contribution in [0.3, 0.4) is 0 Å². The molecule has 0 atom stereocenters. The zero-order valence-corrected chi connectivity index (χ0v) is 12.0. The van der Waals surface area contributed by atoms with Gasteiger partial charge in [0.15, 0.2) is 0 Å². The van der Waals surface area contributed by atoms with Crippen LogP contribution < -0.4 is 5.56 Å². The number of nitrogens with zero attached hydrogens (tertiary/aromatic N) is 2. The van der Waals surface area contributed by atoms with E-state index < -0.39 is 0 Å². The van der Waals surface area contributed by atoms with Crippen molar-refractivity contribution in [3.05, 3.63) is 46.8 Å². The summed E-state index contributed by atoms with van der Waals surface area (Å²) in [5.74, 6) is 0. The first-order valence-corrected chi connectivity index (χ1v) is 7.09. The van der Waals surface area contributed by atoms with Crippen molar-refractivity contribution < 1.29 is 4.79 Å². The van der Waals surface area contributed by atoms with Crippen molar-refractivity contribution in [2.45, 2.75) is 26.7 Å². The van der Waals surface area contributed by atoms with Crippen LogP contribution in [0.5, 0.6) is 0 Å². The maximum Gasteiger partial charge on any atom is 0.331 e. The van der Waals surface area contributed by atoms with Gasteiger partial charge in [-0.25, -0.2) is 9.36 Å². The Morgan fingerprint density at radius 3 is 2.35 bits per heavy atom. The topological polar surface area (TPSA) is 42.3 Å². The van der Waals surface area contributed by atoms with Gasteiger partial charge < -0.3 is 4.90 Å². The van der Waals surface area contributed by atoms with E-state index in [1.54, 1.807) is 11.0 Å². The van der Waals surface area contributed by atoms with E-state index in [4.69, 9.17) is 0 Å². The van der Waals surface area contributed by atoms with Gasteiger partial charge in [0.05, 0.1) is 5.52 Å². The first-order valence-electron chi connectivity index (χ1n) is 7.09. The monoisotopic (exact) mass is 272 g/mol. The number of para-hydroxylation sites is 1. The van der Waals surface area contributed by atoms with Crippen LogP contribution in [0.25, 0.3) is 10.9 Å². The summed E-state index contributed by atoms with van der Waals surface area (Å²) in [5, 5.41) is 0.897. The van der Waals surface area contributed by atoms with Crippen LogP contribution in [0.1, 0.15) is 26.7 Å². The summed E-state index contributed by atoms with van der Waals surface area (Å²) in [6.07, 6.45) is 1.76. The van der Waals surface area contributed by atoms with Crippen LogP contribution in [0.15, 0.2) is 41.2 Å². The lowest BCUT2D eigenvalue weighted by molar-refractivity contribution is 0.199. The van der Waals surface area contributed by atoms with Crippen LogP contribution in [0.2, 0.25) is 0 Å². The van der Waals surface area contributed by atoms with E-state index in [0.29, 0.717) is 18.6 Å². The van der Waals surface area contributed by atoms with Gasteiger partial charge in [-0.1, -0.05) is 32.0 Å². The van der Waals surface area contributed by atoms with Crippen molar-refractivity contribution in [1.29, 1.82) is 0 Å². The molecule has 0 spiro atoms. The highest BCUT2D eigenvalue weighted by molar-refractivity contribution is 5.90. The maximum absolute atomic E-state index is 12.6. The number of fused-ring (bicyclic) bond motifs is 1. The number of carbonyl (C=O) groups excluding carboxylic acids is 1. The highest BCUT2D eigenvalue weighted by Gasteiger charge is 2.17. The Kier molecular flexibility index (Phi) is 4.56. The molecular formula is C16H20N2O2. The van der Waals surface area contributed by atoms with Crippen LogP contribution in [0.4, 0.5) is 4.79 Å². The lowest BCUT2D eigenvalue weighted by Gasteiger charge is -2.22. The molecule has 4 heteroatoms. The fourth-order valence-corrected chi connectivity index (χ4v) is 2.37. The summed E-state index contributed by atoms with van der Waals surface area (Å²) in [6, 6.07) is 10.4. The molecule has 0 aliphatic rings. The number of benzene rings is 1. The summed E-state index contributed by atoms with van der Waals surface area (Å²) >= 11 is 0. The van der Waals surface area contributed by atoms with E-state index in [2.05, 4.69) is 0 Å². The molecule has 1 aromatic carbocycles. The van der Waals surface area contributed by atoms with Crippen molar-refractivity contribution in [2.24, 2.45) is 0 Å². The van der Waals surface area contributed by atoms with E-state index in [0.717, 1.165) is 18.2 Å². The molecule has 0 saturated carbocycles. The minimum Gasteiger partial charge on any atom is -0.324 e. The Bertz CT molecular complexity index is 655. The fourth-order valence-electron chi connectivity index (χ4n) is 2.37.